The first-order valence-electron chi connectivity index (χ1n) is 8.98. The Morgan fingerprint density at radius 3 is 2.65 bits per heavy atom. The van der Waals surface area contributed by atoms with E-state index < -0.39 is 0 Å². The predicted molar refractivity (Wildman–Crippen MR) is 85.0 cm³/mol. The van der Waals surface area contributed by atoms with Crippen molar-refractivity contribution in [1.29, 1.82) is 0 Å². The summed E-state index contributed by atoms with van der Waals surface area (Å²) in [7, 11) is 0. The summed E-state index contributed by atoms with van der Waals surface area (Å²) in [6.45, 7) is 1.83. The molecule has 1 spiro atoms. The molecular formula is C18H23N3O2. The summed E-state index contributed by atoms with van der Waals surface area (Å²) >= 11 is 0. The molecule has 0 unspecified atom stereocenters. The van der Waals surface area contributed by atoms with Crippen LogP contribution in [0.3, 0.4) is 0 Å². The number of hydrogen-bond donors (Lipinski definition) is 1. The van der Waals surface area contributed by atoms with E-state index in [4.69, 9.17) is 0 Å². The Labute approximate surface area is 135 Å². The number of amides is 1. The molecule has 1 aromatic rings. The lowest BCUT2D eigenvalue weighted by atomic mass is 9.79. The third-order valence-corrected chi connectivity index (χ3v) is 6.80. The SMILES string of the molecule is Cc1nc2c(c(=O)[nH]1)C[C@@H]1CC[C@H](C2)N1C(=O)[C@@H]1CC12CCC2. The van der Waals surface area contributed by atoms with Gasteiger partial charge in [-0.15, -0.1) is 0 Å². The average Bonchev–Trinajstić information content (AvgIpc) is 3.13. The van der Waals surface area contributed by atoms with Crippen LogP contribution in [0.25, 0.3) is 0 Å². The Hall–Kier alpha value is -1.65. The number of carbonyl (C=O) groups is 1. The van der Waals surface area contributed by atoms with Crippen LogP contribution in [0.15, 0.2) is 4.79 Å². The first-order valence-corrected chi connectivity index (χ1v) is 8.98. The molecule has 23 heavy (non-hydrogen) atoms. The van der Waals surface area contributed by atoms with Gasteiger partial charge in [0.2, 0.25) is 5.91 Å². The van der Waals surface area contributed by atoms with E-state index in [0.29, 0.717) is 23.6 Å². The molecule has 2 saturated carbocycles. The Morgan fingerprint density at radius 1 is 1.26 bits per heavy atom. The third-order valence-electron chi connectivity index (χ3n) is 6.80. The first-order chi connectivity index (χ1) is 11.1. The quantitative estimate of drug-likeness (QED) is 0.858. The summed E-state index contributed by atoms with van der Waals surface area (Å²) < 4.78 is 0. The molecule has 2 aliphatic heterocycles. The molecule has 2 bridgehead atoms. The second-order valence-electron chi connectivity index (χ2n) is 8.09. The van der Waals surface area contributed by atoms with Gasteiger partial charge in [0.1, 0.15) is 5.82 Å². The van der Waals surface area contributed by atoms with Crippen molar-refractivity contribution >= 4 is 5.91 Å². The van der Waals surface area contributed by atoms with E-state index in [9.17, 15) is 9.59 Å². The fraction of sp³-hybridized carbons (Fsp3) is 0.722. The molecule has 1 N–H and O–H groups in total. The lowest BCUT2D eigenvalue weighted by molar-refractivity contribution is -0.136. The second-order valence-corrected chi connectivity index (χ2v) is 8.09. The van der Waals surface area contributed by atoms with Gasteiger partial charge < -0.3 is 9.88 Å². The van der Waals surface area contributed by atoms with Crippen molar-refractivity contribution in [3.63, 3.8) is 0 Å². The van der Waals surface area contributed by atoms with Crippen LogP contribution in [0.5, 0.6) is 0 Å². The molecule has 4 aliphatic rings. The first kappa shape index (κ1) is 13.8. The Balaban J connectivity index is 1.46. The van der Waals surface area contributed by atoms with Crippen LogP contribution >= 0.6 is 0 Å². The molecule has 122 valence electrons. The van der Waals surface area contributed by atoms with E-state index in [1.54, 1.807) is 0 Å². The number of nitrogens with one attached hydrogen (secondary N) is 1. The molecule has 0 aromatic carbocycles. The molecule has 3 fully saturated rings. The maximum Gasteiger partial charge on any atom is 0.254 e. The van der Waals surface area contributed by atoms with Crippen LogP contribution in [-0.2, 0) is 17.6 Å². The molecule has 5 rings (SSSR count). The lowest BCUT2D eigenvalue weighted by Crippen LogP contribution is -2.44. The number of carbonyl (C=O) groups excluding carboxylic acids is 1. The Bertz CT molecular complexity index is 749. The normalized spacial score (nSPS) is 33.1. The number of nitrogens with zero attached hydrogens (tertiary/aromatic N) is 2. The van der Waals surface area contributed by atoms with E-state index in [1.165, 1.54) is 19.3 Å². The maximum atomic E-state index is 13.1. The van der Waals surface area contributed by atoms with Gasteiger partial charge in [-0.3, -0.25) is 9.59 Å². The number of aromatic amines is 1. The highest BCUT2D eigenvalue weighted by molar-refractivity contribution is 5.84. The fourth-order valence-corrected chi connectivity index (χ4v) is 5.29. The summed E-state index contributed by atoms with van der Waals surface area (Å²) in [5, 5.41) is 0. The summed E-state index contributed by atoms with van der Waals surface area (Å²) in [4.78, 5) is 35.0. The van der Waals surface area contributed by atoms with Gasteiger partial charge in [-0.05, 0) is 44.4 Å². The van der Waals surface area contributed by atoms with Gasteiger partial charge in [0.25, 0.3) is 5.56 Å². The number of aryl methyl sites for hydroxylation is 1. The van der Waals surface area contributed by atoms with Crippen molar-refractivity contribution in [1.82, 2.24) is 14.9 Å². The van der Waals surface area contributed by atoms with E-state index in [-0.39, 0.29) is 23.6 Å². The van der Waals surface area contributed by atoms with Crippen molar-refractivity contribution < 1.29 is 4.79 Å². The molecule has 1 amide bonds. The molecule has 5 nitrogen and oxygen atoms in total. The topological polar surface area (TPSA) is 66.1 Å². The minimum absolute atomic E-state index is 0.00525. The Kier molecular flexibility index (Phi) is 2.67. The van der Waals surface area contributed by atoms with E-state index in [0.717, 1.165) is 36.9 Å². The predicted octanol–water partition coefficient (Wildman–Crippen LogP) is 1.73. The van der Waals surface area contributed by atoms with E-state index in [1.807, 2.05) is 6.92 Å². The van der Waals surface area contributed by atoms with Gasteiger partial charge in [-0.1, -0.05) is 6.42 Å². The van der Waals surface area contributed by atoms with Gasteiger partial charge in [0.15, 0.2) is 0 Å². The largest absolute Gasteiger partial charge is 0.336 e. The maximum absolute atomic E-state index is 13.1. The Morgan fingerprint density at radius 2 is 2.00 bits per heavy atom. The van der Waals surface area contributed by atoms with Crippen molar-refractivity contribution in [2.45, 2.75) is 70.4 Å². The number of hydrogen-bond acceptors (Lipinski definition) is 3. The van der Waals surface area contributed by atoms with Gasteiger partial charge >= 0.3 is 0 Å². The van der Waals surface area contributed by atoms with Crippen molar-refractivity contribution in [2.75, 3.05) is 0 Å². The number of aromatic nitrogens is 2. The van der Waals surface area contributed by atoms with Crippen molar-refractivity contribution in [3.05, 3.63) is 27.4 Å². The molecule has 1 saturated heterocycles. The molecule has 2 aliphatic carbocycles. The summed E-state index contributed by atoms with van der Waals surface area (Å²) in [5.41, 5.74) is 2.11. The molecule has 0 radical (unpaired) electrons. The summed E-state index contributed by atoms with van der Waals surface area (Å²) in [5.74, 6) is 1.33. The molecular weight excluding hydrogens is 290 g/mol. The molecule has 3 atom stereocenters. The van der Waals surface area contributed by atoms with Gasteiger partial charge in [-0.2, -0.15) is 0 Å². The van der Waals surface area contributed by atoms with E-state index >= 15 is 0 Å². The zero-order valence-electron chi connectivity index (χ0n) is 13.6. The monoisotopic (exact) mass is 313 g/mol. The van der Waals surface area contributed by atoms with Crippen LogP contribution in [0.4, 0.5) is 0 Å². The van der Waals surface area contributed by atoms with E-state index in [2.05, 4.69) is 14.9 Å². The molecule has 5 heteroatoms. The molecule has 3 heterocycles. The minimum Gasteiger partial charge on any atom is -0.336 e. The van der Waals surface area contributed by atoms with Crippen LogP contribution in [0.1, 0.15) is 55.6 Å². The lowest BCUT2D eigenvalue weighted by Gasteiger charge is -2.32. The van der Waals surface area contributed by atoms with Crippen molar-refractivity contribution in [2.24, 2.45) is 11.3 Å². The van der Waals surface area contributed by atoms with Crippen LogP contribution in [0, 0.1) is 18.3 Å². The summed E-state index contributed by atoms with van der Waals surface area (Å²) in [6, 6.07) is 0.456. The van der Waals surface area contributed by atoms with Gasteiger partial charge in [0.05, 0.1) is 5.69 Å². The summed E-state index contributed by atoms with van der Waals surface area (Å²) in [6.07, 6.45) is 8.40. The van der Waals surface area contributed by atoms with Crippen LogP contribution in [-0.4, -0.2) is 32.9 Å². The highest BCUT2D eigenvalue weighted by atomic mass is 16.2. The van der Waals surface area contributed by atoms with Crippen LogP contribution < -0.4 is 5.56 Å². The highest BCUT2D eigenvalue weighted by Crippen LogP contribution is 2.66. The number of rotatable bonds is 1. The molecule has 1 aromatic heterocycles. The van der Waals surface area contributed by atoms with Crippen molar-refractivity contribution in [3.8, 4) is 0 Å². The van der Waals surface area contributed by atoms with Crippen LogP contribution in [0.2, 0.25) is 0 Å². The third kappa shape index (κ3) is 1.88. The fourth-order valence-electron chi connectivity index (χ4n) is 5.29. The standard InChI is InChI=1S/C18H23N3O2/c1-10-19-15-8-12-4-3-11(7-13(15)16(22)20-10)21(12)17(23)14-9-18(14)5-2-6-18/h11-12,14H,2-9H2,1H3,(H,19,20,22)/t11-,12+,14-/m0/s1. The zero-order valence-corrected chi connectivity index (χ0v) is 13.6. The van der Waals surface area contributed by atoms with Gasteiger partial charge in [-0.25, -0.2) is 4.98 Å². The minimum atomic E-state index is -0.00525. The smallest absolute Gasteiger partial charge is 0.254 e. The second kappa shape index (κ2) is 4.46. The number of H-pyrrole nitrogens is 1. The zero-order chi connectivity index (χ0) is 15.8. The average molecular weight is 313 g/mol. The van der Waals surface area contributed by atoms with Gasteiger partial charge in [0, 0.05) is 36.4 Å². The number of fused-ring (bicyclic) bond motifs is 3. The highest BCUT2D eigenvalue weighted by Gasteiger charge is 2.63.